The first kappa shape index (κ1) is 15.4. The largest absolute Gasteiger partial charge is 0.449 e. The average molecular weight is 354 g/mol. The Labute approximate surface area is 146 Å². The van der Waals surface area contributed by atoms with Gasteiger partial charge in [0.25, 0.3) is 11.5 Å². The lowest BCUT2D eigenvalue weighted by molar-refractivity contribution is 0.0998. The van der Waals surface area contributed by atoms with Gasteiger partial charge in [0.2, 0.25) is 0 Å². The van der Waals surface area contributed by atoms with Crippen molar-refractivity contribution in [3.05, 3.63) is 69.4 Å². The summed E-state index contributed by atoms with van der Waals surface area (Å²) in [5, 5.41) is 4.37. The van der Waals surface area contributed by atoms with Crippen molar-refractivity contribution < 1.29 is 9.21 Å². The molecule has 0 aliphatic rings. The summed E-state index contributed by atoms with van der Waals surface area (Å²) in [6.45, 7) is 1.80. The minimum absolute atomic E-state index is 0.184. The number of aromatic nitrogens is 2. The van der Waals surface area contributed by atoms with Crippen LogP contribution in [0.2, 0.25) is 5.02 Å². The Balaban J connectivity index is 1.73. The van der Waals surface area contributed by atoms with Gasteiger partial charge in [-0.15, -0.1) is 0 Å². The van der Waals surface area contributed by atoms with E-state index in [0.29, 0.717) is 32.8 Å². The number of fused-ring (bicyclic) bond motifs is 2. The molecule has 0 bridgehead atoms. The highest BCUT2D eigenvalue weighted by atomic mass is 35.5. The summed E-state index contributed by atoms with van der Waals surface area (Å²) in [6.07, 6.45) is 1.34. The zero-order valence-corrected chi connectivity index (χ0v) is 13.8. The monoisotopic (exact) mass is 353 g/mol. The van der Waals surface area contributed by atoms with Crippen LogP contribution in [0.15, 0.2) is 51.9 Å². The number of carbonyl (C=O) groups excluding carboxylic acids is 1. The van der Waals surface area contributed by atoms with Crippen LogP contribution in [0.5, 0.6) is 0 Å². The van der Waals surface area contributed by atoms with Gasteiger partial charge in [0.15, 0.2) is 11.3 Å². The van der Waals surface area contributed by atoms with Crippen LogP contribution in [-0.4, -0.2) is 15.9 Å². The number of carbonyl (C=O) groups is 1. The fraction of sp³-hybridized carbons (Fsp3) is 0.0556. The molecule has 4 rings (SSSR count). The van der Waals surface area contributed by atoms with Crippen molar-refractivity contribution in [2.45, 2.75) is 6.92 Å². The topological polar surface area (TPSA) is 88.0 Å². The van der Waals surface area contributed by atoms with Gasteiger partial charge >= 0.3 is 0 Å². The molecule has 1 amide bonds. The Bertz CT molecular complexity index is 1190. The number of para-hydroxylation sites is 1. The van der Waals surface area contributed by atoms with Crippen LogP contribution in [0.1, 0.15) is 16.1 Å². The Morgan fingerprint density at radius 2 is 2.08 bits per heavy atom. The van der Waals surface area contributed by atoms with E-state index in [-0.39, 0.29) is 11.3 Å². The summed E-state index contributed by atoms with van der Waals surface area (Å²) >= 11 is 6.12. The van der Waals surface area contributed by atoms with E-state index in [9.17, 15) is 9.59 Å². The lowest BCUT2D eigenvalue weighted by atomic mass is 10.1. The number of nitrogens with one attached hydrogen (secondary N) is 2. The maximum absolute atomic E-state index is 12.6. The van der Waals surface area contributed by atoms with Gasteiger partial charge in [-0.2, -0.15) is 0 Å². The molecule has 0 fully saturated rings. The maximum atomic E-state index is 12.6. The van der Waals surface area contributed by atoms with Crippen LogP contribution in [0.25, 0.3) is 21.9 Å². The van der Waals surface area contributed by atoms with Gasteiger partial charge in [0, 0.05) is 16.6 Å². The van der Waals surface area contributed by atoms with E-state index in [4.69, 9.17) is 16.0 Å². The number of anilines is 1. The number of nitrogens with zero attached hydrogens (tertiary/aromatic N) is 1. The lowest BCUT2D eigenvalue weighted by Crippen LogP contribution is -2.13. The van der Waals surface area contributed by atoms with Crippen molar-refractivity contribution in [2.75, 3.05) is 5.32 Å². The molecule has 6 nitrogen and oxygen atoms in total. The van der Waals surface area contributed by atoms with E-state index < -0.39 is 5.91 Å². The fourth-order valence-electron chi connectivity index (χ4n) is 2.76. The second-order valence-corrected chi connectivity index (χ2v) is 6.00. The molecule has 25 heavy (non-hydrogen) atoms. The molecule has 2 aromatic heterocycles. The standard InChI is InChI=1S/C18H12ClN3O3/c1-9-11-3-2-4-13(19)16(11)25-15(9)18(24)22-10-5-6-14-12(7-10)17(23)21-8-20-14/h2-8H,1H3,(H,22,24)(H,20,21,23). The number of H-pyrrole nitrogens is 1. The van der Waals surface area contributed by atoms with E-state index in [1.54, 1.807) is 37.3 Å². The quantitative estimate of drug-likeness (QED) is 0.572. The molecule has 2 heterocycles. The molecule has 0 radical (unpaired) electrons. The van der Waals surface area contributed by atoms with Gasteiger partial charge in [-0.1, -0.05) is 23.7 Å². The minimum Gasteiger partial charge on any atom is -0.449 e. The van der Waals surface area contributed by atoms with Crippen molar-refractivity contribution in [1.82, 2.24) is 9.97 Å². The molecular formula is C18H12ClN3O3. The number of hydrogen-bond donors (Lipinski definition) is 2. The summed E-state index contributed by atoms with van der Waals surface area (Å²) < 4.78 is 5.65. The van der Waals surface area contributed by atoms with Crippen LogP contribution in [-0.2, 0) is 0 Å². The van der Waals surface area contributed by atoms with Crippen molar-refractivity contribution in [3.8, 4) is 0 Å². The normalized spacial score (nSPS) is 11.1. The highest BCUT2D eigenvalue weighted by Gasteiger charge is 2.19. The molecule has 2 N–H and O–H groups in total. The number of hydrogen-bond acceptors (Lipinski definition) is 4. The van der Waals surface area contributed by atoms with Gasteiger partial charge < -0.3 is 14.7 Å². The number of aromatic amines is 1. The van der Waals surface area contributed by atoms with Gasteiger partial charge in [-0.05, 0) is 31.2 Å². The van der Waals surface area contributed by atoms with Gasteiger partial charge in [0.05, 0.1) is 22.3 Å². The van der Waals surface area contributed by atoms with Crippen LogP contribution in [0.4, 0.5) is 5.69 Å². The van der Waals surface area contributed by atoms with Crippen LogP contribution < -0.4 is 10.9 Å². The minimum atomic E-state index is -0.413. The molecule has 0 atom stereocenters. The fourth-order valence-corrected chi connectivity index (χ4v) is 2.97. The SMILES string of the molecule is Cc1c(C(=O)Nc2ccc3nc[nH]c(=O)c3c2)oc2c(Cl)cccc12. The number of furan rings is 1. The Morgan fingerprint density at radius 1 is 1.24 bits per heavy atom. The first-order valence-electron chi connectivity index (χ1n) is 7.51. The summed E-state index contributed by atoms with van der Waals surface area (Å²) in [4.78, 5) is 31.0. The highest BCUT2D eigenvalue weighted by molar-refractivity contribution is 6.35. The molecule has 0 spiro atoms. The summed E-state index contributed by atoms with van der Waals surface area (Å²) in [5.74, 6) is -0.229. The first-order valence-corrected chi connectivity index (χ1v) is 7.89. The smallest absolute Gasteiger partial charge is 0.291 e. The third kappa shape index (κ3) is 2.56. The van der Waals surface area contributed by atoms with E-state index in [1.165, 1.54) is 6.33 Å². The summed E-state index contributed by atoms with van der Waals surface area (Å²) in [5.41, 5.74) is 1.93. The maximum Gasteiger partial charge on any atom is 0.291 e. The van der Waals surface area contributed by atoms with Gasteiger partial charge in [0.1, 0.15) is 0 Å². The van der Waals surface area contributed by atoms with Gasteiger partial charge in [-0.3, -0.25) is 9.59 Å². The number of halogens is 1. The van der Waals surface area contributed by atoms with Crippen LogP contribution in [0, 0.1) is 6.92 Å². The highest BCUT2D eigenvalue weighted by Crippen LogP contribution is 2.31. The van der Waals surface area contributed by atoms with Crippen molar-refractivity contribution in [2.24, 2.45) is 0 Å². The molecule has 4 aromatic rings. The van der Waals surface area contributed by atoms with E-state index in [0.717, 1.165) is 5.39 Å². The Kier molecular flexibility index (Phi) is 3.54. The van der Waals surface area contributed by atoms with Gasteiger partial charge in [-0.25, -0.2) is 4.98 Å². The third-order valence-corrected chi connectivity index (χ3v) is 4.32. The molecule has 0 unspecified atom stereocenters. The van der Waals surface area contributed by atoms with Crippen LogP contribution >= 0.6 is 11.6 Å². The van der Waals surface area contributed by atoms with E-state index in [1.807, 2.05) is 6.07 Å². The summed E-state index contributed by atoms with van der Waals surface area (Å²) in [7, 11) is 0. The van der Waals surface area contributed by atoms with Crippen molar-refractivity contribution >= 4 is 45.1 Å². The molecule has 124 valence electrons. The summed E-state index contributed by atoms with van der Waals surface area (Å²) in [6, 6.07) is 10.3. The zero-order valence-electron chi connectivity index (χ0n) is 13.1. The number of amides is 1. The Morgan fingerprint density at radius 3 is 2.88 bits per heavy atom. The molecule has 7 heteroatoms. The van der Waals surface area contributed by atoms with Crippen molar-refractivity contribution in [3.63, 3.8) is 0 Å². The third-order valence-electron chi connectivity index (χ3n) is 4.02. The Hall–Kier alpha value is -3.12. The number of aryl methyl sites for hydroxylation is 1. The number of benzene rings is 2. The molecular weight excluding hydrogens is 342 g/mol. The molecule has 0 aliphatic heterocycles. The van der Waals surface area contributed by atoms with E-state index in [2.05, 4.69) is 15.3 Å². The first-order chi connectivity index (χ1) is 12.0. The average Bonchev–Trinajstić information content (AvgIpc) is 2.94. The van der Waals surface area contributed by atoms with Crippen molar-refractivity contribution in [1.29, 1.82) is 0 Å². The molecule has 0 saturated carbocycles. The second-order valence-electron chi connectivity index (χ2n) is 5.59. The predicted octanol–water partition coefficient (Wildman–Crippen LogP) is 3.88. The van der Waals surface area contributed by atoms with E-state index >= 15 is 0 Å². The second kappa shape index (κ2) is 5.75. The van der Waals surface area contributed by atoms with Crippen LogP contribution in [0.3, 0.4) is 0 Å². The zero-order chi connectivity index (χ0) is 17.6. The number of rotatable bonds is 2. The molecule has 0 aliphatic carbocycles. The predicted molar refractivity (Wildman–Crippen MR) is 96.3 cm³/mol. The molecule has 2 aromatic carbocycles. The molecule has 0 saturated heterocycles. The lowest BCUT2D eigenvalue weighted by Gasteiger charge is -2.05.